The van der Waals surface area contributed by atoms with E-state index < -0.39 is 0 Å². The lowest BCUT2D eigenvalue weighted by molar-refractivity contribution is 0.0949. The summed E-state index contributed by atoms with van der Waals surface area (Å²) in [4.78, 5) is 12.2. The van der Waals surface area contributed by atoms with Crippen molar-refractivity contribution < 1.29 is 9.18 Å². The number of hydrogen-bond acceptors (Lipinski definition) is 4. The fourth-order valence-corrected chi connectivity index (χ4v) is 2.49. The number of benzene rings is 2. The molecule has 8 heteroatoms. The third kappa shape index (κ3) is 3.42. The molecule has 0 fully saturated rings. The first-order valence-electron chi connectivity index (χ1n) is 6.71. The van der Waals surface area contributed by atoms with Crippen molar-refractivity contribution in [3.05, 3.63) is 70.2 Å². The van der Waals surface area contributed by atoms with Crippen molar-refractivity contribution in [2.24, 2.45) is 0 Å². The van der Waals surface area contributed by atoms with Gasteiger partial charge in [-0.25, -0.2) is 4.39 Å². The van der Waals surface area contributed by atoms with E-state index in [1.54, 1.807) is 30.3 Å². The van der Waals surface area contributed by atoms with E-state index in [4.69, 9.17) is 0 Å². The fourth-order valence-electron chi connectivity index (χ4n) is 2.02. The molecule has 0 radical (unpaired) electrons. The molecule has 2 aromatic carbocycles. The summed E-state index contributed by atoms with van der Waals surface area (Å²) >= 11 is 3.33. The van der Waals surface area contributed by atoms with Gasteiger partial charge < -0.3 is 5.32 Å². The predicted octanol–water partition coefficient (Wildman–Crippen LogP) is 2.49. The van der Waals surface area contributed by atoms with Gasteiger partial charge in [0.25, 0.3) is 5.91 Å². The van der Waals surface area contributed by atoms with Crippen LogP contribution in [0.15, 0.2) is 53.0 Å². The Morgan fingerprint density at radius 3 is 2.83 bits per heavy atom. The van der Waals surface area contributed by atoms with E-state index in [2.05, 4.69) is 36.8 Å². The summed E-state index contributed by atoms with van der Waals surface area (Å²) in [7, 11) is 0. The Hall–Kier alpha value is -2.61. The zero-order chi connectivity index (χ0) is 16.2. The third-order valence-corrected chi connectivity index (χ3v) is 3.80. The highest BCUT2D eigenvalue weighted by Crippen LogP contribution is 2.16. The van der Waals surface area contributed by atoms with Crippen molar-refractivity contribution >= 4 is 21.8 Å². The highest BCUT2D eigenvalue weighted by atomic mass is 79.9. The maximum absolute atomic E-state index is 13.3. The Kier molecular flexibility index (Phi) is 4.42. The summed E-state index contributed by atoms with van der Waals surface area (Å²) in [6, 6.07) is 13.0. The summed E-state index contributed by atoms with van der Waals surface area (Å²) < 4.78 is 15.4. The van der Waals surface area contributed by atoms with Crippen LogP contribution >= 0.6 is 15.9 Å². The Morgan fingerprint density at radius 1 is 1.22 bits per heavy atom. The summed E-state index contributed by atoms with van der Waals surface area (Å²) in [6.07, 6.45) is 0. The van der Waals surface area contributed by atoms with Crippen LogP contribution in [0.2, 0.25) is 0 Å². The summed E-state index contributed by atoms with van der Waals surface area (Å²) in [5.74, 6) is -0.247. The van der Waals surface area contributed by atoms with Crippen molar-refractivity contribution in [3.8, 4) is 5.69 Å². The lowest BCUT2D eigenvalue weighted by Crippen LogP contribution is -2.25. The van der Waals surface area contributed by atoms with E-state index in [-0.39, 0.29) is 18.3 Å². The number of nitrogens with one attached hydrogen (secondary N) is 1. The van der Waals surface area contributed by atoms with Gasteiger partial charge in [-0.05, 0) is 56.7 Å². The van der Waals surface area contributed by atoms with E-state index >= 15 is 0 Å². The van der Waals surface area contributed by atoms with Gasteiger partial charge in [0.1, 0.15) is 5.82 Å². The number of halogens is 2. The molecule has 0 unspecified atom stereocenters. The smallest absolute Gasteiger partial charge is 0.252 e. The van der Waals surface area contributed by atoms with Crippen molar-refractivity contribution in [1.29, 1.82) is 0 Å². The van der Waals surface area contributed by atoms with Gasteiger partial charge in [0.15, 0.2) is 5.82 Å². The second-order valence-corrected chi connectivity index (χ2v) is 5.50. The number of carbonyl (C=O) groups is 1. The van der Waals surface area contributed by atoms with Gasteiger partial charge in [-0.3, -0.25) is 4.79 Å². The topological polar surface area (TPSA) is 72.7 Å². The average Bonchev–Trinajstić information content (AvgIpc) is 3.01. The number of nitrogens with zero attached hydrogens (tertiary/aromatic N) is 4. The van der Waals surface area contributed by atoms with E-state index in [1.165, 1.54) is 16.8 Å². The van der Waals surface area contributed by atoms with Gasteiger partial charge in [0.2, 0.25) is 0 Å². The minimum Gasteiger partial charge on any atom is -0.345 e. The van der Waals surface area contributed by atoms with E-state index in [1.807, 2.05) is 6.07 Å². The number of tetrazole rings is 1. The first-order valence-corrected chi connectivity index (χ1v) is 7.50. The van der Waals surface area contributed by atoms with Crippen LogP contribution < -0.4 is 5.32 Å². The largest absolute Gasteiger partial charge is 0.345 e. The molecule has 3 rings (SSSR count). The number of rotatable bonds is 4. The van der Waals surface area contributed by atoms with Crippen molar-refractivity contribution in [2.45, 2.75) is 6.54 Å². The molecule has 0 spiro atoms. The molecular weight excluding hydrogens is 365 g/mol. The van der Waals surface area contributed by atoms with Gasteiger partial charge in [0, 0.05) is 4.47 Å². The molecule has 0 saturated carbocycles. The van der Waals surface area contributed by atoms with Crippen LogP contribution in [0.3, 0.4) is 0 Å². The zero-order valence-corrected chi connectivity index (χ0v) is 13.4. The average molecular weight is 376 g/mol. The molecule has 0 aliphatic heterocycles. The zero-order valence-electron chi connectivity index (χ0n) is 11.8. The standard InChI is InChI=1S/C15H11BrFN5O/c16-13-7-2-1-6-12(13)15(23)18-9-14-19-20-21-22(14)11-5-3-4-10(17)8-11/h1-8H,9H2,(H,18,23). The molecule has 6 nitrogen and oxygen atoms in total. The lowest BCUT2D eigenvalue weighted by atomic mass is 10.2. The highest BCUT2D eigenvalue weighted by molar-refractivity contribution is 9.10. The quantitative estimate of drug-likeness (QED) is 0.760. The van der Waals surface area contributed by atoms with Crippen LogP contribution in [0.5, 0.6) is 0 Å². The molecule has 0 aliphatic carbocycles. The van der Waals surface area contributed by atoms with Crippen LogP contribution in [-0.4, -0.2) is 26.1 Å². The number of amides is 1. The molecule has 0 bridgehead atoms. The van der Waals surface area contributed by atoms with Crippen LogP contribution in [-0.2, 0) is 6.54 Å². The van der Waals surface area contributed by atoms with Crippen LogP contribution in [0, 0.1) is 5.82 Å². The SMILES string of the molecule is O=C(NCc1nnnn1-c1cccc(F)c1)c1ccccc1Br. The monoisotopic (exact) mass is 375 g/mol. The molecule has 0 atom stereocenters. The van der Waals surface area contributed by atoms with Gasteiger partial charge in [-0.2, -0.15) is 4.68 Å². The fraction of sp³-hybridized carbons (Fsp3) is 0.0667. The molecule has 116 valence electrons. The molecule has 3 aromatic rings. The van der Waals surface area contributed by atoms with Crippen molar-refractivity contribution in [3.63, 3.8) is 0 Å². The maximum atomic E-state index is 13.3. The van der Waals surface area contributed by atoms with E-state index in [0.717, 1.165) is 0 Å². The molecule has 1 N–H and O–H groups in total. The maximum Gasteiger partial charge on any atom is 0.252 e. The molecule has 1 heterocycles. The second kappa shape index (κ2) is 6.66. The van der Waals surface area contributed by atoms with Gasteiger partial charge in [-0.15, -0.1) is 5.10 Å². The third-order valence-electron chi connectivity index (χ3n) is 3.11. The number of hydrogen-bond donors (Lipinski definition) is 1. The Morgan fingerprint density at radius 2 is 2.04 bits per heavy atom. The Bertz CT molecular complexity index is 851. The molecule has 23 heavy (non-hydrogen) atoms. The first kappa shape index (κ1) is 15.3. The first-order chi connectivity index (χ1) is 11.1. The van der Waals surface area contributed by atoms with E-state index in [0.29, 0.717) is 21.5 Å². The van der Waals surface area contributed by atoms with Crippen molar-refractivity contribution in [1.82, 2.24) is 25.5 Å². The second-order valence-electron chi connectivity index (χ2n) is 4.65. The van der Waals surface area contributed by atoms with Crippen LogP contribution in [0.1, 0.15) is 16.2 Å². The van der Waals surface area contributed by atoms with Crippen molar-refractivity contribution in [2.75, 3.05) is 0 Å². The minimum absolute atomic E-state index is 0.115. The Labute approximate surface area is 139 Å². The summed E-state index contributed by atoms with van der Waals surface area (Å²) in [6.45, 7) is 0.115. The number of carbonyl (C=O) groups excluding carboxylic acids is 1. The van der Waals surface area contributed by atoms with Gasteiger partial charge in [-0.1, -0.05) is 18.2 Å². The highest BCUT2D eigenvalue weighted by Gasteiger charge is 2.13. The van der Waals surface area contributed by atoms with E-state index in [9.17, 15) is 9.18 Å². The van der Waals surface area contributed by atoms with Crippen LogP contribution in [0.4, 0.5) is 4.39 Å². The normalized spacial score (nSPS) is 10.5. The van der Waals surface area contributed by atoms with Crippen LogP contribution in [0.25, 0.3) is 5.69 Å². The molecule has 0 aliphatic rings. The summed E-state index contributed by atoms with van der Waals surface area (Å²) in [5.41, 5.74) is 0.998. The molecular formula is C15H11BrFN5O. The molecule has 0 saturated heterocycles. The van der Waals surface area contributed by atoms with Gasteiger partial charge >= 0.3 is 0 Å². The predicted molar refractivity (Wildman–Crippen MR) is 84.4 cm³/mol. The molecule has 1 aromatic heterocycles. The Balaban J connectivity index is 1.76. The number of aromatic nitrogens is 4. The minimum atomic E-state index is -0.388. The summed E-state index contributed by atoms with van der Waals surface area (Å²) in [5, 5.41) is 14.0. The molecule has 1 amide bonds. The van der Waals surface area contributed by atoms with Gasteiger partial charge in [0.05, 0.1) is 17.8 Å². The lowest BCUT2D eigenvalue weighted by Gasteiger charge is -2.07.